The first kappa shape index (κ1) is 5.85. The molecule has 0 saturated heterocycles. The van der Waals surface area contributed by atoms with E-state index in [0.29, 0.717) is 0 Å². The van der Waals surface area contributed by atoms with Crippen LogP contribution in [-0.2, 0) is 0 Å². The molecule has 0 fully saturated rings. The molecule has 0 spiro atoms. The lowest BCUT2D eigenvalue weighted by molar-refractivity contribution is 2.10. The monoisotopic (exact) mass is 242 g/mol. The van der Waals surface area contributed by atoms with Crippen molar-refractivity contribution < 1.29 is 0 Å². The smallest absolute Gasteiger partial charge is 0.0945 e. The van der Waals surface area contributed by atoms with Crippen LogP contribution in [0, 0.1) is 0 Å². The van der Waals surface area contributed by atoms with Crippen LogP contribution in [0.3, 0.4) is 0 Å². The Morgan fingerprint density at radius 3 is 2.43 bits per heavy atom. The molecule has 0 saturated carbocycles. The Kier molecular flexibility index (Phi) is 1.94. The van der Waals surface area contributed by atoms with Crippen LogP contribution in [0.25, 0.3) is 0 Å². The van der Waals surface area contributed by atoms with E-state index in [1.54, 1.807) is 0 Å². The fourth-order valence-electron chi connectivity index (χ4n) is 0.460. The zero-order valence-electron chi connectivity index (χ0n) is 3.62. The molecule has 0 aliphatic carbocycles. The third-order valence-corrected chi connectivity index (χ3v) is 3.96. The molecule has 1 rings (SSSR count). The molecule has 0 atom stereocenters. The minimum atomic E-state index is -0.134. The Labute approximate surface area is 63.6 Å². The Bertz CT molecular complexity index is 123. The molecule has 0 aromatic heterocycles. The van der Waals surface area contributed by atoms with Crippen LogP contribution in [-0.4, -0.2) is 9.52 Å². The van der Waals surface area contributed by atoms with Crippen LogP contribution in [0.15, 0.2) is 20.0 Å². The van der Waals surface area contributed by atoms with Gasteiger partial charge in [-0.15, -0.1) is 0 Å². The summed E-state index contributed by atoms with van der Waals surface area (Å²) in [7, 11) is -0.134. The van der Waals surface area contributed by atoms with E-state index < -0.39 is 0 Å². The van der Waals surface area contributed by atoms with Crippen molar-refractivity contribution in [2.75, 3.05) is 0 Å². The van der Waals surface area contributed by atoms with Gasteiger partial charge in [-0.25, -0.2) is 0 Å². The summed E-state index contributed by atoms with van der Waals surface area (Å²) in [6.45, 7) is 0. The predicted molar refractivity (Wildman–Crippen MR) is 44.6 cm³/mol. The van der Waals surface area contributed by atoms with Crippen molar-refractivity contribution in [2.45, 2.75) is 0 Å². The summed E-state index contributed by atoms with van der Waals surface area (Å²) in [6.07, 6.45) is 4.09. The summed E-state index contributed by atoms with van der Waals surface area (Å²) in [4.78, 5) is 0. The molecule has 0 aromatic rings. The average Bonchev–Trinajstić information content (AvgIpc) is 1.87. The first-order chi connectivity index (χ1) is 3.29. The molecule has 1 heterocycles. The van der Waals surface area contributed by atoms with Crippen LogP contribution >= 0.6 is 34.2 Å². The Morgan fingerprint density at radius 1 is 1.57 bits per heavy atom. The summed E-state index contributed by atoms with van der Waals surface area (Å²) in [5, 5.41) is 0. The average molecular weight is 243 g/mol. The molecule has 38 valence electrons. The molecule has 1 aliphatic rings. The van der Waals surface area contributed by atoms with Crippen molar-refractivity contribution in [3.05, 3.63) is 20.0 Å². The van der Waals surface area contributed by atoms with Crippen LogP contribution in [0.4, 0.5) is 0 Å². The number of rotatable bonds is 0. The van der Waals surface area contributed by atoms with Crippen LogP contribution < -0.4 is 0 Å². The van der Waals surface area contributed by atoms with Gasteiger partial charge in [0, 0.05) is 4.66 Å². The highest BCUT2D eigenvalue weighted by molar-refractivity contribution is 14.1. The highest BCUT2D eigenvalue weighted by Crippen LogP contribution is 2.17. The van der Waals surface area contributed by atoms with Crippen LogP contribution in [0.5, 0.6) is 0 Å². The Balaban J connectivity index is 2.61. The van der Waals surface area contributed by atoms with Crippen molar-refractivity contribution in [3.63, 3.8) is 0 Å². The molecule has 0 amide bonds. The molecular weight excluding hydrogens is 238 g/mol. The number of allylic oxidation sites excluding steroid dienone is 2. The Hall–Kier alpha value is 0.717. The van der Waals surface area contributed by atoms with Gasteiger partial charge in [0.25, 0.3) is 0 Å². The zero-order chi connectivity index (χ0) is 5.28. The summed E-state index contributed by atoms with van der Waals surface area (Å²) in [5.74, 6) is 0. The van der Waals surface area contributed by atoms with Crippen molar-refractivity contribution >= 4 is 43.7 Å². The predicted octanol–water partition coefficient (Wildman–Crippen LogP) is 1.53. The highest BCUT2D eigenvalue weighted by Gasteiger charge is 2.00. The van der Waals surface area contributed by atoms with Crippen molar-refractivity contribution in [1.82, 2.24) is 0 Å². The maximum Gasteiger partial charge on any atom is 0.110 e. The maximum atomic E-state index is 5.67. The third kappa shape index (κ3) is 1.58. The van der Waals surface area contributed by atoms with E-state index >= 15 is 0 Å². The van der Waals surface area contributed by atoms with E-state index in [1.165, 1.54) is 3.20 Å². The van der Waals surface area contributed by atoms with Gasteiger partial charge in [-0.05, 0) is 3.20 Å². The van der Waals surface area contributed by atoms with Gasteiger partial charge in [-0.3, -0.25) is 0 Å². The third-order valence-electron chi connectivity index (χ3n) is 0.783. The maximum absolute atomic E-state index is 5.67. The van der Waals surface area contributed by atoms with Gasteiger partial charge in [0.2, 0.25) is 0 Å². The zero-order valence-corrected chi connectivity index (χ0v) is 7.95. The summed E-state index contributed by atoms with van der Waals surface area (Å²) in [6, 6.07) is 0. The molecule has 3 heteroatoms. The van der Waals surface area contributed by atoms with Crippen molar-refractivity contribution in [3.8, 4) is 0 Å². The topological polar surface area (TPSA) is 0 Å². The van der Waals surface area contributed by atoms with E-state index in [2.05, 4.69) is 28.7 Å². The van der Waals surface area contributed by atoms with Crippen LogP contribution in [0.2, 0.25) is 0 Å². The second-order valence-electron chi connectivity index (χ2n) is 1.40. The lowest BCUT2D eigenvalue weighted by atomic mass is 10.6. The molecule has 7 heavy (non-hydrogen) atoms. The quantitative estimate of drug-likeness (QED) is 0.446. The second-order valence-corrected chi connectivity index (χ2v) is 7.04. The van der Waals surface area contributed by atoms with E-state index in [0.717, 1.165) is 4.66 Å². The first-order valence-electron chi connectivity index (χ1n) is 2.00. The normalized spacial score (nSPS) is 22.6. The minimum absolute atomic E-state index is 0.134. The van der Waals surface area contributed by atoms with E-state index in [-0.39, 0.29) is 9.52 Å². The van der Waals surface area contributed by atoms with Gasteiger partial charge < -0.3 is 0 Å². The van der Waals surface area contributed by atoms with Crippen LogP contribution in [0.1, 0.15) is 0 Å². The molecule has 0 radical (unpaired) electrons. The van der Waals surface area contributed by atoms with E-state index in [9.17, 15) is 0 Å². The second kappa shape index (κ2) is 2.33. The summed E-state index contributed by atoms with van der Waals surface area (Å²) in [5.41, 5.74) is 0. The fourth-order valence-corrected chi connectivity index (χ4v) is 3.84. The molecule has 0 bridgehead atoms. The lowest BCUT2D eigenvalue weighted by Crippen LogP contribution is -1.80. The van der Waals surface area contributed by atoms with Crippen molar-refractivity contribution in [2.24, 2.45) is 0 Å². The lowest BCUT2D eigenvalue weighted by Gasteiger charge is -1.81. The van der Waals surface area contributed by atoms with Gasteiger partial charge in [-0.2, -0.15) is 0 Å². The minimum Gasteiger partial charge on any atom is -0.0945 e. The molecule has 1 aliphatic heterocycles. The number of hydrogen-bond donors (Lipinski definition) is 0. The highest BCUT2D eigenvalue weighted by atomic mass is 127. The molecular formula is C4H4ClISi. The Morgan fingerprint density at radius 2 is 2.29 bits per heavy atom. The number of halogens is 2. The standard InChI is InChI=1S/C4H4ClISi/c5-3-1-2-4(6)7-3/h1-2H,7H2. The molecule has 0 nitrogen and oxygen atoms in total. The summed E-state index contributed by atoms with van der Waals surface area (Å²) < 4.78 is 2.55. The van der Waals surface area contributed by atoms with Gasteiger partial charge in [-0.1, -0.05) is 46.3 Å². The SMILES string of the molecule is ClC1=CC=C(I)[SiH2]1. The van der Waals surface area contributed by atoms with Gasteiger partial charge >= 0.3 is 0 Å². The fraction of sp³-hybridized carbons (Fsp3) is 0. The van der Waals surface area contributed by atoms with E-state index in [1.807, 2.05) is 6.08 Å². The van der Waals surface area contributed by atoms with E-state index in [4.69, 9.17) is 11.6 Å². The molecule has 0 unspecified atom stereocenters. The summed E-state index contributed by atoms with van der Waals surface area (Å²) >= 11 is 8.01. The molecule has 0 aromatic carbocycles. The van der Waals surface area contributed by atoms with Gasteiger partial charge in [0.05, 0.1) is 0 Å². The number of hydrogen-bond acceptors (Lipinski definition) is 0. The largest absolute Gasteiger partial charge is 0.110 e. The van der Waals surface area contributed by atoms with Gasteiger partial charge in [0.15, 0.2) is 0 Å². The van der Waals surface area contributed by atoms with Gasteiger partial charge in [0.1, 0.15) is 9.52 Å². The molecule has 0 N–H and O–H groups in total. The van der Waals surface area contributed by atoms with Crippen molar-refractivity contribution in [1.29, 1.82) is 0 Å². The first-order valence-corrected chi connectivity index (χ1v) is 4.87.